The molecule has 0 bridgehead atoms. The molecule has 0 aliphatic heterocycles. The Morgan fingerprint density at radius 2 is 1.84 bits per heavy atom. The van der Waals surface area contributed by atoms with E-state index in [4.69, 9.17) is 14.2 Å². The summed E-state index contributed by atoms with van der Waals surface area (Å²) < 4.78 is 40.8. The molecular weight excluding hydrogens is 452 g/mol. The summed E-state index contributed by atoms with van der Waals surface area (Å²) in [7, 11) is -0.0643. The molecule has 0 atom stereocenters. The van der Waals surface area contributed by atoms with Gasteiger partial charge in [0.2, 0.25) is 10.0 Å². The summed E-state index contributed by atoms with van der Waals surface area (Å²) >= 11 is 1.42. The van der Waals surface area contributed by atoms with E-state index >= 15 is 0 Å². The number of carbonyl (C=O) groups excluding carboxylic acids is 1. The Morgan fingerprint density at radius 3 is 2.50 bits per heavy atom. The van der Waals surface area contributed by atoms with Crippen LogP contribution in [0.2, 0.25) is 0 Å². The molecule has 1 N–H and O–H groups in total. The van der Waals surface area contributed by atoms with Gasteiger partial charge in [-0.3, -0.25) is 0 Å². The highest BCUT2D eigenvalue weighted by Crippen LogP contribution is 2.39. The van der Waals surface area contributed by atoms with E-state index < -0.39 is 16.0 Å². The van der Waals surface area contributed by atoms with Crippen LogP contribution in [0.25, 0.3) is 10.6 Å². The van der Waals surface area contributed by atoms with Gasteiger partial charge in [0.05, 0.1) is 37.3 Å². The zero-order valence-corrected chi connectivity index (χ0v) is 19.6. The molecule has 0 saturated heterocycles. The van der Waals surface area contributed by atoms with E-state index in [1.165, 1.54) is 11.3 Å². The Bertz CT molecular complexity index is 1170. The first-order chi connectivity index (χ1) is 15.3. The van der Waals surface area contributed by atoms with Gasteiger partial charge in [-0.05, 0) is 36.2 Å². The van der Waals surface area contributed by atoms with E-state index in [1.54, 1.807) is 38.5 Å². The van der Waals surface area contributed by atoms with Crippen LogP contribution in [0.1, 0.15) is 21.6 Å². The van der Waals surface area contributed by atoms with Crippen LogP contribution < -0.4 is 14.2 Å². The second-order valence-electron chi connectivity index (χ2n) is 6.87. The van der Waals surface area contributed by atoms with Gasteiger partial charge in [0.25, 0.3) is 0 Å². The van der Waals surface area contributed by atoms with Crippen LogP contribution in [0.15, 0.2) is 47.8 Å². The molecule has 3 aromatic rings. The van der Waals surface area contributed by atoms with Gasteiger partial charge in [-0.15, -0.1) is 11.3 Å². The van der Waals surface area contributed by atoms with Crippen molar-refractivity contribution in [3.63, 3.8) is 0 Å². The SMILES string of the molecule is COc1cccc(-c2nc(COC(=O)c3ccc(CCNS(C)(=O)=O)cc3)cs2)c1OC. The average Bonchev–Trinajstić information content (AvgIpc) is 3.25. The second-order valence-corrected chi connectivity index (χ2v) is 9.57. The fraction of sp³-hybridized carbons (Fsp3) is 0.273. The number of thiazole rings is 1. The number of sulfonamides is 1. The third-order valence-corrected chi connectivity index (χ3v) is 6.16. The minimum absolute atomic E-state index is 0.0433. The van der Waals surface area contributed by atoms with Crippen molar-refractivity contribution in [2.45, 2.75) is 13.0 Å². The largest absolute Gasteiger partial charge is 0.493 e. The summed E-state index contributed by atoms with van der Waals surface area (Å²) in [6.07, 6.45) is 1.64. The topological polar surface area (TPSA) is 104 Å². The molecule has 170 valence electrons. The summed E-state index contributed by atoms with van der Waals surface area (Å²) in [4.78, 5) is 16.9. The number of rotatable bonds is 10. The molecule has 0 radical (unpaired) electrons. The number of ether oxygens (including phenoxy) is 3. The fourth-order valence-corrected chi connectivity index (χ4v) is 4.26. The lowest BCUT2D eigenvalue weighted by molar-refractivity contribution is 0.0468. The molecule has 8 nitrogen and oxygen atoms in total. The Labute approximate surface area is 191 Å². The third-order valence-electron chi connectivity index (χ3n) is 4.50. The first-order valence-electron chi connectivity index (χ1n) is 9.67. The van der Waals surface area contributed by atoms with Crippen LogP contribution in [-0.4, -0.2) is 46.4 Å². The maximum absolute atomic E-state index is 12.4. The molecule has 1 heterocycles. The van der Waals surface area contributed by atoms with Gasteiger partial charge in [-0.2, -0.15) is 0 Å². The number of para-hydroxylation sites is 1. The van der Waals surface area contributed by atoms with Crippen molar-refractivity contribution in [2.24, 2.45) is 0 Å². The highest BCUT2D eigenvalue weighted by Gasteiger charge is 2.15. The molecule has 32 heavy (non-hydrogen) atoms. The fourth-order valence-electron chi connectivity index (χ4n) is 2.96. The molecule has 2 aromatic carbocycles. The van der Waals surface area contributed by atoms with Crippen molar-refractivity contribution in [1.82, 2.24) is 9.71 Å². The molecule has 0 saturated carbocycles. The van der Waals surface area contributed by atoms with Crippen LogP contribution >= 0.6 is 11.3 Å². The minimum Gasteiger partial charge on any atom is -0.493 e. The lowest BCUT2D eigenvalue weighted by atomic mass is 10.1. The number of nitrogens with one attached hydrogen (secondary N) is 1. The summed E-state index contributed by atoms with van der Waals surface area (Å²) in [6, 6.07) is 12.4. The minimum atomic E-state index is -3.22. The van der Waals surface area contributed by atoms with Crippen molar-refractivity contribution in [2.75, 3.05) is 27.0 Å². The first-order valence-corrected chi connectivity index (χ1v) is 12.4. The number of carbonyl (C=O) groups is 1. The van der Waals surface area contributed by atoms with Gasteiger partial charge in [0.15, 0.2) is 11.5 Å². The van der Waals surface area contributed by atoms with E-state index in [-0.39, 0.29) is 6.61 Å². The second kappa shape index (κ2) is 10.6. The van der Waals surface area contributed by atoms with Crippen molar-refractivity contribution >= 4 is 27.3 Å². The number of methoxy groups -OCH3 is 2. The number of esters is 1. The molecule has 0 aliphatic rings. The lowest BCUT2D eigenvalue weighted by Crippen LogP contribution is -2.24. The maximum Gasteiger partial charge on any atom is 0.338 e. The molecule has 0 amide bonds. The van der Waals surface area contributed by atoms with Gasteiger partial charge in [0, 0.05) is 11.9 Å². The average molecular weight is 477 g/mol. The molecule has 10 heteroatoms. The van der Waals surface area contributed by atoms with Crippen molar-refractivity contribution in [3.05, 3.63) is 64.7 Å². The predicted molar refractivity (Wildman–Crippen MR) is 123 cm³/mol. The van der Waals surface area contributed by atoms with E-state index in [2.05, 4.69) is 9.71 Å². The van der Waals surface area contributed by atoms with Crippen LogP contribution in [-0.2, 0) is 27.8 Å². The molecule has 0 unspecified atom stereocenters. The van der Waals surface area contributed by atoms with Gasteiger partial charge < -0.3 is 14.2 Å². The maximum atomic E-state index is 12.4. The molecule has 1 aromatic heterocycles. The van der Waals surface area contributed by atoms with Crippen molar-refractivity contribution < 1.29 is 27.4 Å². The third kappa shape index (κ3) is 6.28. The number of benzene rings is 2. The van der Waals surface area contributed by atoms with E-state index in [9.17, 15) is 13.2 Å². The summed E-state index contributed by atoms with van der Waals surface area (Å²) in [6.45, 7) is 0.342. The summed E-state index contributed by atoms with van der Waals surface area (Å²) in [5.74, 6) is 0.753. The van der Waals surface area contributed by atoms with E-state index in [1.807, 2.05) is 23.6 Å². The zero-order valence-electron chi connectivity index (χ0n) is 18.0. The normalized spacial score (nSPS) is 11.2. The van der Waals surface area contributed by atoms with Gasteiger partial charge >= 0.3 is 5.97 Å². The van der Waals surface area contributed by atoms with Crippen LogP contribution in [0, 0.1) is 0 Å². The summed E-state index contributed by atoms with van der Waals surface area (Å²) in [5.41, 5.74) is 2.76. The monoisotopic (exact) mass is 476 g/mol. The molecular formula is C22H24N2O6S2. The molecule has 0 aliphatic carbocycles. The number of hydrogen-bond donors (Lipinski definition) is 1. The first kappa shape index (κ1) is 23.7. The van der Waals surface area contributed by atoms with Gasteiger partial charge in [0.1, 0.15) is 11.6 Å². The summed E-state index contributed by atoms with van der Waals surface area (Å²) in [5, 5.41) is 2.57. The van der Waals surface area contributed by atoms with Crippen LogP contribution in [0.3, 0.4) is 0 Å². The molecule has 3 rings (SSSR count). The smallest absolute Gasteiger partial charge is 0.338 e. The highest BCUT2D eigenvalue weighted by molar-refractivity contribution is 7.88. The Morgan fingerprint density at radius 1 is 1.09 bits per heavy atom. The highest BCUT2D eigenvalue weighted by atomic mass is 32.2. The van der Waals surface area contributed by atoms with Crippen LogP contribution in [0.4, 0.5) is 0 Å². The lowest BCUT2D eigenvalue weighted by Gasteiger charge is -2.10. The van der Waals surface area contributed by atoms with Crippen molar-refractivity contribution in [1.29, 1.82) is 0 Å². The quantitative estimate of drug-likeness (QED) is 0.448. The van der Waals surface area contributed by atoms with E-state index in [0.29, 0.717) is 35.7 Å². The number of hydrogen-bond acceptors (Lipinski definition) is 8. The van der Waals surface area contributed by atoms with E-state index in [0.717, 1.165) is 22.4 Å². The predicted octanol–water partition coefficient (Wildman–Crippen LogP) is 3.28. The van der Waals surface area contributed by atoms with Gasteiger partial charge in [-0.25, -0.2) is 22.9 Å². The number of nitrogens with zero attached hydrogens (tertiary/aromatic N) is 1. The Hall–Kier alpha value is -2.95. The molecule has 0 spiro atoms. The van der Waals surface area contributed by atoms with Crippen LogP contribution in [0.5, 0.6) is 11.5 Å². The Kier molecular flexibility index (Phi) is 7.84. The zero-order chi connectivity index (χ0) is 23.1. The molecule has 0 fully saturated rings. The standard InChI is InChI=1S/C22H24N2O6S2/c1-28-19-6-4-5-18(20(19)29-2)21-24-17(14-31-21)13-30-22(25)16-9-7-15(8-10-16)11-12-23-32(3,26)27/h4-10,14,23H,11-13H2,1-3H3. The number of aromatic nitrogens is 1. The Balaban J connectivity index is 1.59. The van der Waals surface area contributed by atoms with Gasteiger partial charge in [-0.1, -0.05) is 18.2 Å². The van der Waals surface area contributed by atoms with Crippen molar-refractivity contribution in [3.8, 4) is 22.1 Å².